The van der Waals surface area contributed by atoms with Crippen molar-refractivity contribution in [1.82, 2.24) is 0 Å². The third kappa shape index (κ3) is 5.26. The summed E-state index contributed by atoms with van der Waals surface area (Å²) in [5.74, 6) is -1.22. The molecule has 0 spiro atoms. The molecule has 2 aromatic carbocycles. The first-order chi connectivity index (χ1) is 14.0. The third-order valence-electron chi connectivity index (χ3n) is 3.99. The zero-order chi connectivity index (χ0) is 22.2. The predicted molar refractivity (Wildman–Crippen MR) is 111 cm³/mol. The predicted octanol–water partition coefficient (Wildman–Crippen LogP) is 2.69. The molecule has 1 aliphatic heterocycles. The van der Waals surface area contributed by atoms with Gasteiger partial charge >= 0.3 is 0 Å². The number of anilines is 1. The van der Waals surface area contributed by atoms with Gasteiger partial charge in [0.05, 0.1) is 32.3 Å². The molecule has 12 nitrogen and oxygen atoms in total. The van der Waals surface area contributed by atoms with Crippen molar-refractivity contribution in [3.63, 3.8) is 0 Å². The molecule has 0 bridgehead atoms. The van der Waals surface area contributed by atoms with Crippen molar-refractivity contribution < 1.29 is 27.8 Å². The molecule has 0 aromatic heterocycles. The van der Waals surface area contributed by atoms with Crippen molar-refractivity contribution in [2.24, 2.45) is 15.3 Å². The Morgan fingerprint density at radius 2 is 1.94 bits per heavy atom. The van der Waals surface area contributed by atoms with Gasteiger partial charge < -0.3 is 5.11 Å². The van der Waals surface area contributed by atoms with E-state index in [0.717, 1.165) is 35.3 Å². The molecule has 0 saturated carbocycles. The Balaban J connectivity index is 0.00000341. The maximum atomic E-state index is 12.7. The summed E-state index contributed by atoms with van der Waals surface area (Å²) >= 11 is 6.04. The molecule has 0 saturated heterocycles. The average Bonchev–Trinajstić information content (AvgIpc) is 2.94. The van der Waals surface area contributed by atoms with E-state index >= 15 is 0 Å². The van der Waals surface area contributed by atoms with Gasteiger partial charge in [0.2, 0.25) is 0 Å². The van der Waals surface area contributed by atoms with Crippen molar-refractivity contribution >= 4 is 80.0 Å². The molecular formula is C16H12ClN5NaO7S. The Morgan fingerprint density at radius 1 is 1.26 bits per heavy atom. The van der Waals surface area contributed by atoms with Gasteiger partial charge in [0.25, 0.3) is 21.7 Å². The molecule has 1 atom stereocenters. The number of hydrogen-bond donors (Lipinski definition) is 2. The van der Waals surface area contributed by atoms with Crippen LogP contribution in [0.3, 0.4) is 0 Å². The maximum absolute atomic E-state index is 12.7. The summed E-state index contributed by atoms with van der Waals surface area (Å²) in [6.07, 6.45) is 0. The number of azo groups is 1. The van der Waals surface area contributed by atoms with Crippen molar-refractivity contribution in [3.05, 3.63) is 51.5 Å². The zero-order valence-electron chi connectivity index (χ0n) is 16.0. The van der Waals surface area contributed by atoms with Gasteiger partial charge in [0, 0.05) is 35.6 Å². The average molecular weight is 477 g/mol. The van der Waals surface area contributed by atoms with Crippen LogP contribution in [-0.2, 0) is 14.9 Å². The van der Waals surface area contributed by atoms with E-state index in [0.29, 0.717) is 0 Å². The Bertz CT molecular complexity index is 1230. The molecule has 1 heterocycles. The third-order valence-corrected chi connectivity index (χ3v) is 5.16. The van der Waals surface area contributed by atoms with Crippen LogP contribution in [0.5, 0.6) is 5.75 Å². The topological polar surface area (TPSA) is 175 Å². The Labute approximate surface area is 202 Å². The fraction of sp³-hybridized carbons (Fsp3) is 0.125. The molecule has 0 fully saturated rings. The minimum absolute atomic E-state index is 0. The molecule has 2 N–H and O–H groups in total. The number of aromatic hydroxyl groups is 1. The van der Waals surface area contributed by atoms with Crippen LogP contribution in [0.25, 0.3) is 0 Å². The minimum Gasteiger partial charge on any atom is -0.505 e. The van der Waals surface area contributed by atoms with Crippen LogP contribution in [-0.4, -0.2) is 70.2 Å². The number of phenolic OH excluding ortho intramolecular Hbond substituents is 1. The van der Waals surface area contributed by atoms with Gasteiger partial charge in [-0.1, -0.05) is 11.6 Å². The molecule has 1 radical (unpaired) electrons. The summed E-state index contributed by atoms with van der Waals surface area (Å²) in [7, 11) is -4.54. The van der Waals surface area contributed by atoms with E-state index in [-0.39, 0.29) is 57.4 Å². The molecular weight excluding hydrogens is 465 g/mol. The number of nitro benzene ring substituents is 1. The summed E-state index contributed by atoms with van der Waals surface area (Å²) in [6, 6.07) is 5.18. The fourth-order valence-electron chi connectivity index (χ4n) is 2.51. The molecule has 0 aliphatic carbocycles. The second-order valence-electron chi connectivity index (χ2n) is 6.03. The summed E-state index contributed by atoms with van der Waals surface area (Å²) in [5.41, 5.74) is -0.350. The summed E-state index contributed by atoms with van der Waals surface area (Å²) in [6.45, 7) is 1.47. The van der Waals surface area contributed by atoms with Gasteiger partial charge in [-0.15, -0.1) is 0 Å². The van der Waals surface area contributed by atoms with Crippen LogP contribution < -0.4 is 5.01 Å². The van der Waals surface area contributed by atoms with E-state index in [9.17, 15) is 33.0 Å². The molecule has 157 valence electrons. The second-order valence-corrected chi connectivity index (χ2v) is 7.86. The zero-order valence-corrected chi connectivity index (χ0v) is 19.6. The Morgan fingerprint density at radius 3 is 2.52 bits per heavy atom. The molecule has 3 rings (SSSR count). The van der Waals surface area contributed by atoms with Crippen molar-refractivity contribution in [2.75, 3.05) is 5.01 Å². The van der Waals surface area contributed by atoms with Crippen LogP contribution in [0, 0.1) is 10.1 Å². The van der Waals surface area contributed by atoms with Crippen LogP contribution in [0.2, 0.25) is 5.02 Å². The Hall–Kier alpha value is -2.42. The number of rotatable bonds is 5. The normalized spacial score (nSPS) is 16.4. The number of hydrogen-bond acceptors (Lipinski definition) is 9. The van der Waals surface area contributed by atoms with E-state index in [1.165, 1.54) is 13.0 Å². The second kappa shape index (κ2) is 9.38. The van der Waals surface area contributed by atoms with Gasteiger partial charge in [-0.3, -0.25) is 19.5 Å². The van der Waals surface area contributed by atoms with E-state index in [1.54, 1.807) is 0 Å². The summed E-state index contributed by atoms with van der Waals surface area (Å²) in [5, 5.41) is 33.0. The number of amides is 1. The van der Waals surface area contributed by atoms with E-state index < -0.39 is 37.6 Å². The van der Waals surface area contributed by atoms with Crippen molar-refractivity contribution in [2.45, 2.75) is 17.9 Å². The molecule has 31 heavy (non-hydrogen) atoms. The van der Waals surface area contributed by atoms with Gasteiger partial charge in [-0.2, -0.15) is 28.8 Å². The van der Waals surface area contributed by atoms with Crippen LogP contribution >= 0.6 is 11.6 Å². The smallest absolute Gasteiger partial charge is 0.294 e. The number of phenols is 1. The Kier molecular flexibility index (Phi) is 7.52. The standard InChI is InChI=1S/C16H12ClN5O7S.Na/c1-8-15(19-18-12-5-2-9(22(25)26)6-14(12)23)16(24)21(20-8)13-7-10(30(27,28)29)3-4-11(13)17;/h2-7,15,23H,1H3,(H,27,28,29);. The quantitative estimate of drug-likeness (QED) is 0.219. The van der Waals surface area contributed by atoms with Gasteiger partial charge in [-0.05, 0) is 31.2 Å². The monoisotopic (exact) mass is 476 g/mol. The maximum Gasteiger partial charge on any atom is 0.294 e. The van der Waals surface area contributed by atoms with E-state index in [1.807, 2.05) is 0 Å². The fourth-order valence-corrected chi connectivity index (χ4v) is 3.21. The first kappa shape index (κ1) is 24.8. The van der Waals surface area contributed by atoms with Crippen LogP contribution in [0.1, 0.15) is 6.92 Å². The number of nitro groups is 1. The molecule has 2 aromatic rings. The molecule has 1 amide bonds. The van der Waals surface area contributed by atoms with Crippen LogP contribution in [0.15, 0.2) is 56.6 Å². The van der Waals surface area contributed by atoms with Crippen molar-refractivity contribution in [3.8, 4) is 5.75 Å². The number of non-ortho nitro benzene ring substituents is 1. The number of hydrazone groups is 1. The number of carbonyl (C=O) groups is 1. The number of halogens is 1. The molecule has 1 aliphatic rings. The van der Waals surface area contributed by atoms with Gasteiger partial charge in [-0.25, -0.2) is 0 Å². The molecule has 15 heteroatoms. The largest absolute Gasteiger partial charge is 0.505 e. The van der Waals surface area contributed by atoms with Crippen molar-refractivity contribution in [1.29, 1.82) is 0 Å². The first-order valence-corrected chi connectivity index (χ1v) is 9.85. The number of carbonyl (C=O) groups excluding carboxylic acids is 1. The summed E-state index contributed by atoms with van der Waals surface area (Å²) in [4.78, 5) is 22.2. The SMILES string of the molecule is CC1=NN(c2cc(S(=O)(=O)O)ccc2Cl)C(=O)C1N=Nc1ccc([N+](=O)[O-])cc1O.[Na]. The number of nitrogens with zero attached hydrogens (tertiary/aromatic N) is 5. The van der Waals surface area contributed by atoms with E-state index in [4.69, 9.17) is 11.6 Å². The number of benzene rings is 2. The molecule has 1 unspecified atom stereocenters. The first-order valence-electron chi connectivity index (χ1n) is 8.03. The van der Waals surface area contributed by atoms with Gasteiger partial charge in [0.15, 0.2) is 6.04 Å². The van der Waals surface area contributed by atoms with Crippen LogP contribution in [0.4, 0.5) is 17.1 Å². The van der Waals surface area contributed by atoms with Gasteiger partial charge in [0.1, 0.15) is 11.4 Å². The minimum atomic E-state index is -4.54. The van der Waals surface area contributed by atoms with E-state index in [2.05, 4.69) is 15.3 Å². The summed E-state index contributed by atoms with van der Waals surface area (Å²) < 4.78 is 31.9.